The predicted octanol–water partition coefficient (Wildman–Crippen LogP) is 3.94. The highest BCUT2D eigenvalue weighted by molar-refractivity contribution is 9.08. The number of benzene rings is 1. The zero-order valence-electron chi connectivity index (χ0n) is 10.5. The summed E-state index contributed by atoms with van der Waals surface area (Å²) >= 11 is 9.74. The predicted molar refractivity (Wildman–Crippen MR) is 77.8 cm³/mol. The van der Waals surface area contributed by atoms with E-state index in [1.807, 2.05) is 22.9 Å². The van der Waals surface area contributed by atoms with E-state index in [9.17, 15) is 0 Å². The molecule has 0 bridgehead atoms. The maximum absolute atomic E-state index is 6.31. The molecule has 18 heavy (non-hydrogen) atoms. The highest BCUT2D eigenvalue weighted by atomic mass is 79.9. The van der Waals surface area contributed by atoms with Crippen molar-refractivity contribution in [1.82, 2.24) is 14.8 Å². The standard InChI is InChI=1S/C13H15BrClN3/c1-3-12-16-13(4-2)18(17-12)11-6-5-9(8-14)7-10(11)15/h5-7H,3-4,8H2,1-2H3. The van der Waals surface area contributed by atoms with Crippen molar-refractivity contribution in [3.05, 3.63) is 40.4 Å². The molecular weight excluding hydrogens is 314 g/mol. The van der Waals surface area contributed by atoms with E-state index in [0.717, 1.165) is 41.1 Å². The maximum atomic E-state index is 6.31. The molecule has 1 aromatic heterocycles. The minimum Gasteiger partial charge on any atom is -0.216 e. The van der Waals surface area contributed by atoms with Gasteiger partial charge in [-0.15, -0.1) is 0 Å². The molecule has 0 aliphatic carbocycles. The van der Waals surface area contributed by atoms with Crippen LogP contribution in [-0.4, -0.2) is 14.8 Å². The fourth-order valence-electron chi connectivity index (χ4n) is 1.77. The molecule has 0 spiro atoms. The second-order valence-electron chi connectivity index (χ2n) is 3.98. The molecule has 1 aromatic carbocycles. The van der Waals surface area contributed by atoms with Crippen molar-refractivity contribution in [3.63, 3.8) is 0 Å². The summed E-state index contributed by atoms with van der Waals surface area (Å²) in [6.45, 7) is 4.12. The average molecular weight is 329 g/mol. The minimum atomic E-state index is 0.703. The van der Waals surface area contributed by atoms with E-state index in [0.29, 0.717) is 5.02 Å². The van der Waals surface area contributed by atoms with Gasteiger partial charge in [0.1, 0.15) is 5.82 Å². The third-order valence-corrected chi connectivity index (χ3v) is 3.70. The van der Waals surface area contributed by atoms with Gasteiger partial charge in [-0.3, -0.25) is 0 Å². The van der Waals surface area contributed by atoms with Gasteiger partial charge in [0.05, 0.1) is 10.7 Å². The Kier molecular flexibility index (Phi) is 4.40. The van der Waals surface area contributed by atoms with Gasteiger partial charge in [0.2, 0.25) is 0 Å². The second kappa shape index (κ2) is 5.85. The second-order valence-corrected chi connectivity index (χ2v) is 4.95. The normalized spacial score (nSPS) is 10.9. The first-order valence-corrected chi connectivity index (χ1v) is 7.49. The van der Waals surface area contributed by atoms with Crippen LogP contribution in [0.4, 0.5) is 0 Å². The molecule has 5 heteroatoms. The molecule has 0 fully saturated rings. The molecule has 1 heterocycles. The fourth-order valence-corrected chi connectivity index (χ4v) is 2.40. The fraction of sp³-hybridized carbons (Fsp3) is 0.385. The molecule has 0 N–H and O–H groups in total. The van der Waals surface area contributed by atoms with Gasteiger partial charge in [0.25, 0.3) is 0 Å². The van der Waals surface area contributed by atoms with E-state index in [-0.39, 0.29) is 0 Å². The number of alkyl halides is 1. The lowest BCUT2D eigenvalue weighted by atomic mass is 10.2. The number of nitrogens with zero attached hydrogens (tertiary/aromatic N) is 3. The average Bonchev–Trinajstić information content (AvgIpc) is 2.81. The van der Waals surface area contributed by atoms with Crippen LogP contribution in [-0.2, 0) is 18.2 Å². The number of hydrogen-bond acceptors (Lipinski definition) is 2. The molecule has 0 atom stereocenters. The Morgan fingerprint density at radius 2 is 2.06 bits per heavy atom. The van der Waals surface area contributed by atoms with Crippen LogP contribution in [0.15, 0.2) is 18.2 Å². The smallest absolute Gasteiger partial charge is 0.151 e. The van der Waals surface area contributed by atoms with Crippen LogP contribution in [0.2, 0.25) is 5.02 Å². The Hall–Kier alpha value is -0.870. The Balaban J connectivity index is 2.50. The largest absolute Gasteiger partial charge is 0.216 e. The summed E-state index contributed by atoms with van der Waals surface area (Å²) in [5.74, 6) is 1.80. The van der Waals surface area contributed by atoms with Gasteiger partial charge in [-0.25, -0.2) is 9.67 Å². The Labute approximate surface area is 120 Å². The van der Waals surface area contributed by atoms with Crippen molar-refractivity contribution >= 4 is 27.5 Å². The molecule has 0 radical (unpaired) electrons. The van der Waals surface area contributed by atoms with Gasteiger partial charge >= 0.3 is 0 Å². The molecule has 0 saturated carbocycles. The van der Waals surface area contributed by atoms with Gasteiger partial charge in [-0.2, -0.15) is 5.10 Å². The molecule has 2 aromatic rings. The van der Waals surface area contributed by atoms with Crippen molar-refractivity contribution in [2.75, 3.05) is 0 Å². The number of hydrogen-bond donors (Lipinski definition) is 0. The summed E-state index contributed by atoms with van der Waals surface area (Å²) in [5.41, 5.74) is 2.04. The first kappa shape index (κ1) is 13.6. The zero-order valence-corrected chi connectivity index (χ0v) is 12.8. The van der Waals surface area contributed by atoms with Crippen LogP contribution in [0.3, 0.4) is 0 Å². The molecule has 0 saturated heterocycles. The van der Waals surface area contributed by atoms with Gasteiger partial charge in [-0.05, 0) is 17.7 Å². The topological polar surface area (TPSA) is 30.7 Å². The van der Waals surface area contributed by atoms with E-state index in [1.165, 1.54) is 0 Å². The van der Waals surface area contributed by atoms with E-state index in [2.05, 4.69) is 39.9 Å². The van der Waals surface area contributed by atoms with Crippen LogP contribution < -0.4 is 0 Å². The third kappa shape index (κ3) is 2.59. The number of aromatic nitrogens is 3. The van der Waals surface area contributed by atoms with Crippen LogP contribution in [0.5, 0.6) is 0 Å². The minimum absolute atomic E-state index is 0.703. The Bertz CT molecular complexity index is 551. The molecule has 0 amide bonds. The van der Waals surface area contributed by atoms with E-state index in [1.54, 1.807) is 0 Å². The van der Waals surface area contributed by atoms with E-state index < -0.39 is 0 Å². The summed E-state index contributed by atoms with van der Waals surface area (Å²) in [6, 6.07) is 5.99. The van der Waals surface area contributed by atoms with Crippen molar-refractivity contribution < 1.29 is 0 Å². The summed E-state index contributed by atoms with van der Waals surface area (Å²) in [7, 11) is 0. The van der Waals surface area contributed by atoms with Crippen molar-refractivity contribution in [2.45, 2.75) is 32.0 Å². The monoisotopic (exact) mass is 327 g/mol. The lowest BCUT2D eigenvalue weighted by molar-refractivity contribution is 0.791. The summed E-state index contributed by atoms with van der Waals surface area (Å²) < 4.78 is 1.85. The molecule has 0 aliphatic rings. The summed E-state index contributed by atoms with van der Waals surface area (Å²) in [6.07, 6.45) is 1.67. The Morgan fingerprint density at radius 1 is 1.28 bits per heavy atom. The van der Waals surface area contributed by atoms with Crippen LogP contribution in [0.25, 0.3) is 5.69 Å². The highest BCUT2D eigenvalue weighted by Gasteiger charge is 2.12. The quantitative estimate of drug-likeness (QED) is 0.796. The SMILES string of the molecule is CCc1nc(CC)n(-c2ccc(CBr)cc2Cl)n1. The van der Waals surface area contributed by atoms with Crippen LogP contribution >= 0.6 is 27.5 Å². The third-order valence-electron chi connectivity index (χ3n) is 2.75. The van der Waals surface area contributed by atoms with Crippen molar-refractivity contribution in [2.24, 2.45) is 0 Å². The van der Waals surface area contributed by atoms with Gasteiger partial charge in [0.15, 0.2) is 5.82 Å². The van der Waals surface area contributed by atoms with Crippen LogP contribution in [0, 0.1) is 0 Å². The molecule has 0 unspecified atom stereocenters. The van der Waals surface area contributed by atoms with Gasteiger partial charge in [-0.1, -0.05) is 47.4 Å². The van der Waals surface area contributed by atoms with Gasteiger partial charge < -0.3 is 0 Å². The van der Waals surface area contributed by atoms with Crippen molar-refractivity contribution in [1.29, 1.82) is 0 Å². The number of halogens is 2. The molecule has 2 rings (SSSR count). The van der Waals surface area contributed by atoms with E-state index >= 15 is 0 Å². The molecular formula is C13H15BrClN3. The van der Waals surface area contributed by atoms with Crippen LogP contribution in [0.1, 0.15) is 31.1 Å². The molecule has 0 aliphatic heterocycles. The lowest BCUT2D eigenvalue weighted by Crippen LogP contribution is -2.03. The lowest BCUT2D eigenvalue weighted by Gasteiger charge is -2.07. The van der Waals surface area contributed by atoms with Crippen molar-refractivity contribution in [3.8, 4) is 5.69 Å². The zero-order chi connectivity index (χ0) is 13.1. The van der Waals surface area contributed by atoms with E-state index in [4.69, 9.17) is 11.6 Å². The highest BCUT2D eigenvalue weighted by Crippen LogP contribution is 2.23. The molecule has 3 nitrogen and oxygen atoms in total. The number of aryl methyl sites for hydroxylation is 2. The summed E-state index contributed by atoms with van der Waals surface area (Å²) in [4.78, 5) is 4.49. The molecule has 96 valence electrons. The van der Waals surface area contributed by atoms with Gasteiger partial charge in [0, 0.05) is 18.2 Å². The first-order chi connectivity index (χ1) is 8.69. The first-order valence-electron chi connectivity index (χ1n) is 5.99. The maximum Gasteiger partial charge on any atom is 0.151 e. The Morgan fingerprint density at radius 3 is 2.61 bits per heavy atom. The summed E-state index contributed by atoms with van der Waals surface area (Å²) in [5, 5.41) is 6.00. The number of rotatable bonds is 4.